The van der Waals surface area contributed by atoms with Crippen molar-refractivity contribution in [2.75, 3.05) is 0 Å². The standard InChI is InChI=1S/C9H10NOP/c11-9-6-8(10(9)12)7-4-2-1-3-5-7/h1-5,8H,6,12H2. The quantitative estimate of drug-likeness (QED) is 0.475. The smallest absolute Gasteiger partial charge is 0.228 e. The molecule has 2 nitrogen and oxygen atoms in total. The second kappa shape index (κ2) is 2.87. The van der Waals surface area contributed by atoms with Crippen LogP contribution in [0, 0.1) is 0 Å². The lowest BCUT2D eigenvalue weighted by Crippen LogP contribution is -2.38. The maximum absolute atomic E-state index is 10.9. The Hall–Kier alpha value is -0.880. The number of nitrogens with zero attached hydrogens (tertiary/aromatic N) is 1. The van der Waals surface area contributed by atoms with Crippen molar-refractivity contribution >= 4 is 15.3 Å². The topological polar surface area (TPSA) is 20.3 Å². The van der Waals surface area contributed by atoms with Crippen LogP contribution in [0.1, 0.15) is 18.0 Å². The minimum atomic E-state index is 0.203. The lowest BCUT2D eigenvalue weighted by Gasteiger charge is -2.37. The molecule has 0 radical (unpaired) electrons. The van der Waals surface area contributed by atoms with E-state index in [-0.39, 0.29) is 11.9 Å². The SMILES string of the molecule is O=C1CC(c2ccccc2)N1P. The van der Waals surface area contributed by atoms with Crippen LogP contribution in [0.4, 0.5) is 0 Å². The van der Waals surface area contributed by atoms with E-state index in [1.807, 2.05) is 30.3 Å². The molecule has 0 N–H and O–H groups in total. The number of hydrogen-bond donors (Lipinski definition) is 0. The highest BCUT2D eigenvalue weighted by atomic mass is 31.0. The van der Waals surface area contributed by atoms with Gasteiger partial charge in [0, 0.05) is 0 Å². The van der Waals surface area contributed by atoms with Crippen LogP contribution >= 0.6 is 9.39 Å². The van der Waals surface area contributed by atoms with Gasteiger partial charge in [0.15, 0.2) is 0 Å². The highest BCUT2D eigenvalue weighted by Gasteiger charge is 2.33. The Balaban J connectivity index is 2.18. The van der Waals surface area contributed by atoms with Crippen LogP contribution in [0.3, 0.4) is 0 Å². The van der Waals surface area contributed by atoms with Crippen molar-refractivity contribution in [3.05, 3.63) is 35.9 Å². The van der Waals surface area contributed by atoms with Crippen LogP contribution in [0.5, 0.6) is 0 Å². The molecule has 0 saturated carbocycles. The zero-order valence-electron chi connectivity index (χ0n) is 6.60. The van der Waals surface area contributed by atoms with Gasteiger partial charge in [-0.2, -0.15) is 0 Å². The summed E-state index contributed by atoms with van der Waals surface area (Å²) in [4.78, 5) is 10.9. The number of benzene rings is 1. The Morgan fingerprint density at radius 1 is 1.33 bits per heavy atom. The Morgan fingerprint density at radius 3 is 2.50 bits per heavy atom. The Labute approximate surface area is 73.8 Å². The van der Waals surface area contributed by atoms with Crippen molar-refractivity contribution in [2.45, 2.75) is 12.5 Å². The molecule has 1 heterocycles. The highest BCUT2D eigenvalue weighted by Crippen LogP contribution is 2.36. The lowest BCUT2D eigenvalue weighted by atomic mass is 9.97. The van der Waals surface area contributed by atoms with Gasteiger partial charge in [0.1, 0.15) is 0 Å². The Bertz CT molecular complexity index is 299. The lowest BCUT2D eigenvalue weighted by molar-refractivity contribution is -0.137. The molecule has 2 unspecified atom stereocenters. The average molecular weight is 179 g/mol. The maximum Gasteiger partial charge on any atom is 0.228 e. The van der Waals surface area contributed by atoms with Gasteiger partial charge in [0.05, 0.1) is 12.5 Å². The van der Waals surface area contributed by atoms with Crippen LogP contribution in [0.15, 0.2) is 30.3 Å². The monoisotopic (exact) mass is 179 g/mol. The highest BCUT2D eigenvalue weighted by molar-refractivity contribution is 7.15. The van der Waals surface area contributed by atoms with E-state index in [1.54, 1.807) is 4.67 Å². The average Bonchev–Trinajstić information content (AvgIpc) is 2.15. The number of carbonyl (C=O) groups is 1. The van der Waals surface area contributed by atoms with Gasteiger partial charge < -0.3 is 4.67 Å². The molecule has 2 atom stereocenters. The molecule has 0 aromatic heterocycles. The zero-order chi connectivity index (χ0) is 8.55. The fourth-order valence-corrected chi connectivity index (χ4v) is 1.77. The third-order valence-electron chi connectivity index (χ3n) is 2.18. The summed E-state index contributed by atoms with van der Waals surface area (Å²) in [6.45, 7) is 0. The number of β-lactam (4-membered cyclic amide) rings is 1. The van der Waals surface area contributed by atoms with E-state index in [4.69, 9.17) is 0 Å². The van der Waals surface area contributed by atoms with Gasteiger partial charge in [0.2, 0.25) is 5.91 Å². The first-order chi connectivity index (χ1) is 5.79. The predicted octanol–water partition coefficient (Wildman–Crippen LogP) is 1.75. The van der Waals surface area contributed by atoms with Gasteiger partial charge in [-0.25, -0.2) is 0 Å². The van der Waals surface area contributed by atoms with Gasteiger partial charge in [-0.05, 0) is 15.0 Å². The molecule has 1 fully saturated rings. The van der Waals surface area contributed by atoms with E-state index in [1.165, 1.54) is 5.56 Å². The molecule has 1 amide bonds. The maximum atomic E-state index is 10.9. The number of rotatable bonds is 1. The molecule has 1 saturated heterocycles. The summed E-state index contributed by atoms with van der Waals surface area (Å²) in [6, 6.07) is 10.4. The van der Waals surface area contributed by atoms with Crippen LogP contribution in [-0.2, 0) is 4.79 Å². The predicted molar refractivity (Wildman–Crippen MR) is 50.4 cm³/mol. The van der Waals surface area contributed by atoms with E-state index in [2.05, 4.69) is 9.39 Å². The summed E-state index contributed by atoms with van der Waals surface area (Å²) in [5.41, 5.74) is 1.21. The van der Waals surface area contributed by atoms with E-state index >= 15 is 0 Å². The van der Waals surface area contributed by atoms with Crippen molar-refractivity contribution < 1.29 is 4.79 Å². The van der Waals surface area contributed by atoms with Gasteiger partial charge in [-0.15, -0.1) is 0 Å². The first-order valence-corrected chi connectivity index (χ1v) is 4.42. The third-order valence-corrected chi connectivity index (χ3v) is 2.82. The summed E-state index contributed by atoms with van der Waals surface area (Å²) in [5, 5.41) is 0. The van der Waals surface area contributed by atoms with E-state index < -0.39 is 0 Å². The third kappa shape index (κ3) is 1.12. The molecule has 3 heteroatoms. The van der Waals surface area contributed by atoms with E-state index in [0.29, 0.717) is 6.42 Å². The molecular formula is C9H10NOP. The molecule has 2 rings (SSSR count). The Morgan fingerprint density at radius 2 is 2.00 bits per heavy atom. The summed E-state index contributed by atoms with van der Waals surface area (Å²) < 4.78 is 1.70. The van der Waals surface area contributed by atoms with Crippen molar-refractivity contribution in [3.63, 3.8) is 0 Å². The number of hydrogen-bond acceptors (Lipinski definition) is 1. The van der Waals surface area contributed by atoms with Gasteiger partial charge in [-0.3, -0.25) is 4.79 Å². The molecule has 0 bridgehead atoms. The zero-order valence-corrected chi connectivity index (χ0v) is 7.76. The second-order valence-corrected chi connectivity index (χ2v) is 3.49. The van der Waals surface area contributed by atoms with Crippen LogP contribution in [0.2, 0.25) is 0 Å². The first-order valence-electron chi connectivity index (χ1n) is 3.91. The normalized spacial score (nSPS) is 22.2. The fraction of sp³-hybridized carbons (Fsp3) is 0.222. The van der Waals surface area contributed by atoms with Crippen LogP contribution in [-0.4, -0.2) is 10.6 Å². The van der Waals surface area contributed by atoms with Gasteiger partial charge in [-0.1, -0.05) is 30.3 Å². The molecule has 1 aromatic carbocycles. The first kappa shape index (κ1) is 7.75. The van der Waals surface area contributed by atoms with Crippen LogP contribution in [0.25, 0.3) is 0 Å². The molecular weight excluding hydrogens is 169 g/mol. The molecule has 1 aromatic rings. The summed E-state index contributed by atoms with van der Waals surface area (Å²) in [5.74, 6) is 0.203. The van der Waals surface area contributed by atoms with Gasteiger partial charge >= 0.3 is 0 Å². The fourth-order valence-electron chi connectivity index (χ4n) is 1.38. The van der Waals surface area contributed by atoms with E-state index in [9.17, 15) is 4.79 Å². The van der Waals surface area contributed by atoms with Crippen LogP contribution < -0.4 is 0 Å². The van der Waals surface area contributed by atoms with Gasteiger partial charge in [0.25, 0.3) is 0 Å². The largest absolute Gasteiger partial charge is 0.319 e. The molecule has 0 spiro atoms. The summed E-state index contributed by atoms with van der Waals surface area (Å²) in [6.07, 6.45) is 0.646. The molecule has 62 valence electrons. The summed E-state index contributed by atoms with van der Waals surface area (Å²) >= 11 is 0. The molecule has 1 aliphatic rings. The second-order valence-electron chi connectivity index (χ2n) is 2.93. The minimum Gasteiger partial charge on any atom is -0.319 e. The number of amides is 1. The molecule has 1 aliphatic heterocycles. The number of carbonyl (C=O) groups excluding carboxylic acids is 1. The van der Waals surface area contributed by atoms with Crippen molar-refractivity contribution in [1.82, 2.24) is 4.67 Å². The minimum absolute atomic E-state index is 0.203. The van der Waals surface area contributed by atoms with Crippen molar-refractivity contribution in [1.29, 1.82) is 0 Å². The molecule has 0 aliphatic carbocycles. The summed E-state index contributed by atoms with van der Waals surface area (Å²) in [7, 11) is 2.46. The molecule has 12 heavy (non-hydrogen) atoms. The van der Waals surface area contributed by atoms with Crippen molar-refractivity contribution in [2.24, 2.45) is 0 Å². The van der Waals surface area contributed by atoms with Crippen molar-refractivity contribution in [3.8, 4) is 0 Å². The van der Waals surface area contributed by atoms with E-state index in [0.717, 1.165) is 0 Å². The Kier molecular flexibility index (Phi) is 1.86.